The van der Waals surface area contributed by atoms with Gasteiger partial charge in [-0.1, -0.05) is 277 Å². The van der Waals surface area contributed by atoms with E-state index in [2.05, 4.69) is 151 Å². The third kappa shape index (κ3) is 37.1. The van der Waals surface area contributed by atoms with E-state index in [0.29, 0.717) is 0 Å². The minimum atomic E-state index is -5.17. The Balaban J connectivity index is 0.000000444. The summed E-state index contributed by atoms with van der Waals surface area (Å²) in [6, 6.07) is 39.8. The van der Waals surface area contributed by atoms with Crippen LogP contribution in [0.1, 0.15) is 227 Å². The second-order valence-corrected chi connectivity index (χ2v) is 22.9. The molecule has 0 N–H and O–H groups in total. The molecular formula is C64H104N2O4S. The van der Waals surface area contributed by atoms with Crippen molar-refractivity contribution in [3.63, 3.8) is 0 Å². The van der Waals surface area contributed by atoms with E-state index in [-0.39, 0.29) is 0 Å². The summed E-state index contributed by atoms with van der Waals surface area (Å²) >= 11 is 0. The summed E-state index contributed by atoms with van der Waals surface area (Å²) in [5.74, 6) is 0. The zero-order valence-electron chi connectivity index (χ0n) is 46.4. The van der Waals surface area contributed by atoms with Crippen molar-refractivity contribution in [1.82, 2.24) is 0 Å². The number of quaternary nitrogens is 2. The van der Waals surface area contributed by atoms with Gasteiger partial charge in [-0.15, -0.1) is 0 Å². The highest BCUT2D eigenvalue weighted by Gasteiger charge is 2.19. The van der Waals surface area contributed by atoms with E-state index in [4.69, 9.17) is 17.5 Å². The first kappa shape index (κ1) is 63.8. The topological polar surface area (TPSA) is 80.3 Å². The lowest BCUT2D eigenvalue weighted by Gasteiger charge is -2.31. The second kappa shape index (κ2) is 40.1. The first-order chi connectivity index (χ1) is 34.2. The zero-order chi connectivity index (χ0) is 51.7. The van der Waals surface area contributed by atoms with Crippen LogP contribution < -0.4 is 0 Å². The average molecular weight is 998 g/mol. The monoisotopic (exact) mass is 997 g/mol. The first-order valence-corrected chi connectivity index (χ1v) is 30.1. The van der Waals surface area contributed by atoms with Crippen LogP contribution >= 0.6 is 0 Å². The lowest BCUT2D eigenvalue weighted by molar-refractivity contribution is -0.903. The predicted molar refractivity (Wildman–Crippen MR) is 304 cm³/mol. The van der Waals surface area contributed by atoms with E-state index in [1.54, 1.807) is 0 Å². The van der Waals surface area contributed by atoms with E-state index in [0.717, 1.165) is 34.9 Å². The Hall–Kier alpha value is -3.33. The summed E-state index contributed by atoms with van der Waals surface area (Å²) in [5, 5.41) is 0. The van der Waals surface area contributed by atoms with Crippen molar-refractivity contribution >= 4 is 10.4 Å². The molecule has 4 rings (SSSR count). The molecule has 0 radical (unpaired) electrons. The molecule has 0 bridgehead atoms. The van der Waals surface area contributed by atoms with Crippen LogP contribution in [0.4, 0.5) is 0 Å². The van der Waals surface area contributed by atoms with Gasteiger partial charge in [0, 0.05) is 21.5 Å². The molecule has 0 aliphatic heterocycles. The van der Waals surface area contributed by atoms with Gasteiger partial charge in [0.2, 0.25) is 0 Å². The molecule has 0 amide bonds. The summed E-state index contributed by atoms with van der Waals surface area (Å²) in [6.45, 7) is 9.40. The van der Waals surface area contributed by atoms with E-state index in [1.165, 1.54) is 226 Å². The molecule has 0 atom stereocenters. The lowest BCUT2D eigenvalue weighted by atomic mass is 9.99. The van der Waals surface area contributed by atoms with Gasteiger partial charge in [-0.05, 0) is 60.8 Å². The van der Waals surface area contributed by atoms with Crippen LogP contribution in [0, 0.1) is 0 Å². The van der Waals surface area contributed by atoms with Gasteiger partial charge in [-0.3, -0.25) is 8.42 Å². The number of unbranched alkanes of at least 4 members (excludes halogenated alkanes) is 26. The molecule has 0 saturated carbocycles. The molecule has 0 fully saturated rings. The summed E-state index contributed by atoms with van der Waals surface area (Å²) in [7, 11) is 4.45. The van der Waals surface area contributed by atoms with E-state index in [9.17, 15) is 0 Å². The maximum atomic E-state index is 8.52. The number of hydrogen-bond donors (Lipinski definition) is 0. The molecular weight excluding hydrogens is 893 g/mol. The molecule has 4 aromatic carbocycles. The highest BCUT2D eigenvalue weighted by atomic mass is 32.3. The largest absolute Gasteiger partial charge is 0.759 e. The van der Waals surface area contributed by atoms with Crippen molar-refractivity contribution in [1.29, 1.82) is 0 Å². The molecule has 0 aromatic heterocycles. The minimum Gasteiger partial charge on any atom is -0.759 e. The second-order valence-electron chi connectivity index (χ2n) is 22.1. The summed E-state index contributed by atoms with van der Waals surface area (Å²) < 4.78 is 36.3. The summed E-state index contributed by atoms with van der Waals surface area (Å²) in [5.41, 5.74) is 8.80. The van der Waals surface area contributed by atoms with E-state index in [1.807, 2.05) is 0 Å². The van der Waals surface area contributed by atoms with Crippen LogP contribution in [-0.2, 0) is 36.3 Å². The van der Waals surface area contributed by atoms with E-state index >= 15 is 0 Å². The average Bonchev–Trinajstić information content (AvgIpc) is 3.33. The highest BCUT2D eigenvalue weighted by Crippen LogP contribution is 2.22. The van der Waals surface area contributed by atoms with Gasteiger partial charge < -0.3 is 18.1 Å². The maximum absolute atomic E-state index is 8.52. The minimum absolute atomic E-state index is 1.04. The molecule has 0 aliphatic carbocycles. The Morgan fingerprint density at radius 3 is 0.789 bits per heavy atom. The van der Waals surface area contributed by atoms with Gasteiger partial charge in [-0.2, -0.15) is 0 Å². The fraction of sp³-hybridized carbons (Fsp3) is 0.625. The summed E-state index contributed by atoms with van der Waals surface area (Å²) in [6.07, 6.45) is 42.2. The molecule has 400 valence electrons. The fourth-order valence-electron chi connectivity index (χ4n) is 9.95. The van der Waals surface area contributed by atoms with Gasteiger partial charge in [-0.25, -0.2) is 0 Å². The Kier molecular flexibility index (Phi) is 36.0. The SMILES string of the molecule is CCCCCCCCCCCCCCCC[N+](C)(C)Cc1ccccc1Cc1ccccc1.CCCCCCCCCCCCCCCC[N+](C)(C)Cc1ccccc1Cc1ccccc1.O=S(=O)([O-])[O-]. The van der Waals surface area contributed by atoms with Crippen molar-refractivity contribution in [3.05, 3.63) is 143 Å². The quantitative estimate of drug-likeness (QED) is 0.0194. The maximum Gasteiger partial charge on any atom is 0.104 e. The van der Waals surface area contributed by atoms with Crippen LogP contribution in [0.25, 0.3) is 0 Å². The smallest absolute Gasteiger partial charge is 0.104 e. The molecule has 0 saturated heterocycles. The van der Waals surface area contributed by atoms with Crippen molar-refractivity contribution in [2.24, 2.45) is 0 Å². The van der Waals surface area contributed by atoms with Crippen molar-refractivity contribution < 1.29 is 26.5 Å². The van der Waals surface area contributed by atoms with Crippen LogP contribution in [0.3, 0.4) is 0 Å². The lowest BCUT2D eigenvalue weighted by Crippen LogP contribution is -2.39. The molecule has 0 spiro atoms. The Morgan fingerprint density at radius 1 is 0.324 bits per heavy atom. The highest BCUT2D eigenvalue weighted by molar-refractivity contribution is 7.79. The van der Waals surface area contributed by atoms with E-state index < -0.39 is 10.4 Å². The van der Waals surface area contributed by atoms with Crippen LogP contribution in [0.15, 0.2) is 109 Å². The molecule has 6 nitrogen and oxygen atoms in total. The van der Waals surface area contributed by atoms with Gasteiger partial charge in [0.05, 0.1) is 41.3 Å². The normalized spacial score (nSPS) is 11.7. The molecule has 71 heavy (non-hydrogen) atoms. The van der Waals surface area contributed by atoms with Crippen LogP contribution in [0.2, 0.25) is 0 Å². The third-order valence-electron chi connectivity index (χ3n) is 14.1. The van der Waals surface area contributed by atoms with Gasteiger partial charge in [0.15, 0.2) is 0 Å². The van der Waals surface area contributed by atoms with Gasteiger partial charge in [0.25, 0.3) is 0 Å². The Bertz CT molecular complexity index is 1810. The number of rotatable bonds is 38. The number of nitrogens with zero attached hydrogens (tertiary/aromatic N) is 2. The standard InChI is InChI=1S/2C32H52N.H2O4S/c2*1-4-5-6-7-8-9-10-11-12-13-14-15-16-22-27-33(2,3)29-32-26-21-20-25-31(32)28-30-23-18-17-19-24-30;1-5(2,3)4/h2*17-21,23-26H,4-16,22,27-29H2,1-3H3;(H2,1,2,3,4)/q2*+1;/p-2. The first-order valence-electron chi connectivity index (χ1n) is 28.7. The van der Waals surface area contributed by atoms with Crippen LogP contribution in [-0.4, -0.2) is 67.8 Å². The van der Waals surface area contributed by atoms with Crippen molar-refractivity contribution in [3.8, 4) is 0 Å². The third-order valence-corrected chi connectivity index (χ3v) is 14.1. The van der Waals surface area contributed by atoms with Crippen molar-refractivity contribution in [2.45, 2.75) is 220 Å². The Labute approximate surface area is 438 Å². The Morgan fingerprint density at radius 2 is 0.535 bits per heavy atom. The molecule has 0 aliphatic rings. The van der Waals surface area contributed by atoms with Gasteiger partial charge >= 0.3 is 0 Å². The predicted octanol–water partition coefficient (Wildman–Crippen LogP) is 17.3. The zero-order valence-corrected chi connectivity index (χ0v) is 47.2. The molecule has 4 aromatic rings. The molecule has 0 heterocycles. The molecule has 0 unspecified atom stereocenters. The number of benzene rings is 4. The van der Waals surface area contributed by atoms with Crippen molar-refractivity contribution in [2.75, 3.05) is 41.3 Å². The van der Waals surface area contributed by atoms with Crippen LogP contribution in [0.5, 0.6) is 0 Å². The summed E-state index contributed by atoms with van der Waals surface area (Å²) in [4.78, 5) is 0. The fourth-order valence-corrected chi connectivity index (χ4v) is 9.95. The number of hydrogen-bond acceptors (Lipinski definition) is 4. The van der Waals surface area contributed by atoms with Gasteiger partial charge in [0.1, 0.15) is 13.1 Å². The molecule has 7 heteroatoms.